The average Bonchev–Trinajstić information content (AvgIpc) is 2.18. The summed E-state index contributed by atoms with van der Waals surface area (Å²) >= 11 is 0. The van der Waals surface area contributed by atoms with Crippen molar-refractivity contribution < 1.29 is 14.1 Å². The summed E-state index contributed by atoms with van der Waals surface area (Å²) in [5, 5.41) is 8.86. The molecule has 1 aromatic rings. The van der Waals surface area contributed by atoms with Crippen molar-refractivity contribution in [2.75, 3.05) is 0 Å². The van der Waals surface area contributed by atoms with E-state index >= 15 is 0 Å². The topological polar surface area (TPSA) is 80.1 Å². The van der Waals surface area contributed by atoms with Gasteiger partial charge in [-0.05, 0) is 19.9 Å². The van der Waals surface area contributed by atoms with Gasteiger partial charge in [-0.15, -0.1) is 0 Å². The number of carboxylic acid groups (broad SMARTS) is 1. The Hall–Kier alpha value is -1.30. The smallest absolute Gasteiger partial charge is 0.321 e. The summed E-state index contributed by atoms with van der Waals surface area (Å²) < 4.78 is 10.4. The Morgan fingerprint density at radius 1 is 1.47 bits per heavy atom. The van der Waals surface area contributed by atoms with Crippen LogP contribution < -0.4 is 0 Å². The van der Waals surface area contributed by atoms with Crippen LogP contribution in [0.5, 0.6) is 0 Å². The van der Waals surface area contributed by atoms with E-state index in [2.05, 4.69) is 9.97 Å². The molecule has 1 unspecified atom stereocenters. The van der Waals surface area contributed by atoms with Gasteiger partial charge in [-0.1, -0.05) is 0 Å². The summed E-state index contributed by atoms with van der Waals surface area (Å²) in [4.78, 5) is 18.6. The number of aromatic nitrogens is 2. The van der Waals surface area contributed by atoms with E-state index in [-0.39, 0.29) is 5.75 Å². The normalized spacial score (nSPS) is 13.5. The molecule has 5 nitrogen and oxygen atoms in total. The van der Waals surface area contributed by atoms with Crippen molar-refractivity contribution in [2.45, 2.75) is 24.3 Å². The number of rotatable bonds is 4. The molecule has 0 fully saturated rings. The van der Waals surface area contributed by atoms with E-state index in [0.29, 0.717) is 5.82 Å². The van der Waals surface area contributed by atoms with Crippen LogP contribution in [0.1, 0.15) is 19.7 Å². The molecule has 0 aliphatic carbocycles. The van der Waals surface area contributed by atoms with Crippen molar-refractivity contribution >= 4 is 16.8 Å². The summed E-state index contributed by atoms with van der Waals surface area (Å²) in [5.41, 5.74) is 0. The lowest BCUT2D eigenvalue weighted by Gasteiger charge is -2.17. The summed E-state index contributed by atoms with van der Waals surface area (Å²) in [7, 11) is -1.54. The molecule has 1 rings (SSSR count). The summed E-state index contributed by atoms with van der Waals surface area (Å²) in [6.45, 7) is 2.85. The monoisotopic (exact) mass is 228 g/mol. The Balaban J connectivity index is 2.77. The van der Waals surface area contributed by atoms with Crippen molar-refractivity contribution in [2.24, 2.45) is 0 Å². The highest BCUT2D eigenvalue weighted by molar-refractivity contribution is 7.86. The lowest BCUT2D eigenvalue weighted by Crippen LogP contribution is -2.37. The largest absolute Gasteiger partial charge is 0.480 e. The van der Waals surface area contributed by atoms with E-state index in [9.17, 15) is 9.00 Å². The maximum atomic E-state index is 11.7. The zero-order valence-electron chi connectivity index (χ0n) is 8.51. The second kappa shape index (κ2) is 4.48. The second-order valence-corrected chi connectivity index (χ2v) is 5.47. The fourth-order valence-electron chi connectivity index (χ4n) is 0.800. The molecular formula is C9H12N2O3S. The van der Waals surface area contributed by atoms with Gasteiger partial charge in [0.15, 0.2) is 0 Å². The van der Waals surface area contributed by atoms with Crippen LogP contribution in [0, 0.1) is 0 Å². The van der Waals surface area contributed by atoms with Crippen LogP contribution in [0.2, 0.25) is 0 Å². The van der Waals surface area contributed by atoms with Gasteiger partial charge in [0, 0.05) is 23.2 Å². The predicted octanol–water partition coefficient (Wildman–Crippen LogP) is 0.589. The van der Waals surface area contributed by atoms with Gasteiger partial charge in [-0.3, -0.25) is 9.00 Å². The van der Waals surface area contributed by atoms with Crippen molar-refractivity contribution in [1.29, 1.82) is 0 Å². The van der Waals surface area contributed by atoms with Gasteiger partial charge < -0.3 is 5.11 Å². The first kappa shape index (κ1) is 11.8. The highest BCUT2D eigenvalue weighted by Gasteiger charge is 2.34. The molecule has 0 saturated carbocycles. The Kier molecular flexibility index (Phi) is 3.52. The van der Waals surface area contributed by atoms with Crippen LogP contribution in [-0.4, -0.2) is 30.0 Å². The van der Waals surface area contributed by atoms with E-state index in [0.717, 1.165) is 0 Å². The van der Waals surface area contributed by atoms with Crippen LogP contribution >= 0.6 is 0 Å². The van der Waals surface area contributed by atoms with Crippen molar-refractivity contribution in [1.82, 2.24) is 9.97 Å². The highest BCUT2D eigenvalue weighted by Crippen LogP contribution is 2.15. The van der Waals surface area contributed by atoms with E-state index in [1.54, 1.807) is 6.07 Å². The molecule has 0 aliphatic rings. The van der Waals surface area contributed by atoms with Crippen LogP contribution in [0.4, 0.5) is 0 Å². The van der Waals surface area contributed by atoms with E-state index in [1.807, 2.05) is 0 Å². The minimum atomic E-state index is -1.54. The van der Waals surface area contributed by atoms with Gasteiger partial charge in [-0.2, -0.15) is 0 Å². The van der Waals surface area contributed by atoms with E-state index in [1.165, 1.54) is 26.2 Å². The number of hydrogen-bond donors (Lipinski definition) is 1. The minimum Gasteiger partial charge on any atom is -0.480 e. The first-order valence-corrected chi connectivity index (χ1v) is 5.64. The molecule has 0 bridgehead atoms. The van der Waals surface area contributed by atoms with E-state index < -0.39 is 21.5 Å². The Morgan fingerprint density at radius 2 is 2.00 bits per heavy atom. The van der Waals surface area contributed by atoms with Gasteiger partial charge in [0.2, 0.25) is 0 Å². The lowest BCUT2D eigenvalue weighted by atomic mass is 10.2. The third kappa shape index (κ3) is 2.82. The molecule has 1 heterocycles. The van der Waals surface area contributed by atoms with E-state index in [4.69, 9.17) is 5.11 Å². The van der Waals surface area contributed by atoms with Gasteiger partial charge in [-0.25, -0.2) is 9.97 Å². The fourth-order valence-corrected chi connectivity index (χ4v) is 1.74. The predicted molar refractivity (Wildman–Crippen MR) is 55.6 cm³/mol. The number of carboxylic acids is 1. The molecule has 1 atom stereocenters. The van der Waals surface area contributed by atoms with Crippen molar-refractivity contribution in [3.8, 4) is 0 Å². The van der Waals surface area contributed by atoms with Crippen LogP contribution in [0.25, 0.3) is 0 Å². The zero-order chi connectivity index (χ0) is 11.5. The lowest BCUT2D eigenvalue weighted by molar-refractivity contribution is -0.139. The molecule has 0 amide bonds. The van der Waals surface area contributed by atoms with Crippen LogP contribution in [0.3, 0.4) is 0 Å². The average molecular weight is 228 g/mol. The highest BCUT2D eigenvalue weighted by atomic mass is 32.2. The Morgan fingerprint density at radius 3 is 2.47 bits per heavy atom. The molecule has 82 valence electrons. The van der Waals surface area contributed by atoms with Gasteiger partial charge >= 0.3 is 5.97 Å². The van der Waals surface area contributed by atoms with Gasteiger partial charge in [0.05, 0.1) is 5.75 Å². The van der Waals surface area contributed by atoms with Crippen molar-refractivity contribution in [3.05, 3.63) is 24.3 Å². The second-order valence-electron chi connectivity index (χ2n) is 3.47. The summed E-state index contributed by atoms with van der Waals surface area (Å²) in [5.74, 6) is -0.637. The Labute approximate surface area is 90.0 Å². The zero-order valence-corrected chi connectivity index (χ0v) is 9.32. The first-order chi connectivity index (χ1) is 6.94. The molecule has 0 saturated heterocycles. The van der Waals surface area contributed by atoms with Gasteiger partial charge in [0.25, 0.3) is 0 Å². The number of hydrogen-bond acceptors (Lipinski definition) is 4. The fraction of sp³-hybridized carbons (Fsp3) is 0.444. The first-order valence-electron chi connectivity index (χ1n) is 4.32. The van der Waals surface area contributed by atoms with Crippen LogP contribution in [-0.2, 0) is 21.3 Å². The third-order valence-electron chi connectivity index (χ3n) is 1.96. The maximum absolute atomic E-state index is 11.7. The minimum absolute atomic E-state index is 0.0557. The molecule has 1 aromatic heterocycles. The summed E-state index contributed by atoms with van der Waals surface area (Å²) in [6, 6.07) is 1.65. The maximum Gasteiger partial charge on any atom is 0.321 e. The summed E-state index contributed by atoms with van der Waals surface area (Å²) in [6.07, 6.45) is 3.07. The molecule has 0 radical (unpaired) electrons. The number of carbonyl (C=O) groups is 1. The van der Waals surface area contributed by atoms with Gasteiger partial charge in [0.1, 0.15) is 10.6 Å². The molecule has 6 heteroatoms. The molecule has 0 aromatic carbocycles. The molecular weight excluding hydrogens is 216 g/mol. The van der Waals surface area contributed by atoms with Crippen LogP contribution in [0.15, 0.2) is 18.5 Å². The van der Waals surface area contributed by atoms with Crippen molar-refractivity contribution in [3.63, 3.8) is 0 Å². The Bertz CT molecular complexity index is 378. The quantitative estimate of drug-likeness (QED) is 0.815. The molecule has 15 heavy (non-hydrogen) atoms. The molecule has 0 spiro atoms. The standard InChI is InChI=1S/C9H12N2O3S/c1-9(2,8(12)13)15(14)6-7-10-4-3-5-11-7/h3-5H,6H2,1-2H3,(H,12,13). The number of aliphatic carboxylic acids is 1. The number of nitrogens with zero attached hydrogens (tertiary/aromatic N) is 2. The molecule has 1 N–H and O–H groups in total. The molecule has 0 aliphatic heterocycles. The third-order valence-corrected chi connectivity index (χ3v) is 3.80. The SMILES string of the molecule is CC(C)(C(=O)O)S(=O)Cc1ncccn1.